The van der Waals surface area contributed by atoms with Crippen molar-refractivity contribution >= 4 is 23.1 Å². The van der Waals surface area contributed by atoms with Crippen molar-refractivity contribution in [3.63, 3.8) is 0 Å². The third-order valence-electron chi connectivity index (χ3n) is 5.17. The van der Waals surface area contributed by atoms with Gasteiger partial charge in [0.15, 0.2) is 0 Å². The van der Waals surface area contributed by atoms with Crippen LogP contribution >= 0.6 is 0 Å². The summed E-state index contributed by atoms with van der Waals surface area (Å²) >= 11 is 0. The van der Waals surface area contributed by atoms with E-state index >= 15 is 0 Å². The van der Waals surface area contributed by atoms with Gasteiger partial charge in [0, 0.05) is 18.2 Å². The average molecular weight is 321 g/mol. The van der Waals surface area contributed by atoms with Crippen molar-refractivity contribution in [2.75, 3.05) is 16.8 Å². The van der Waals surface area contributed by atoms with Crippen molar-refractivity contribution in [2.24, 2.45) is 5.92 Å². The summed E-state index contributed by atoms with van der Waals surface area (Å²) < 4.78 is 0. The molecule has 2 aromatic rings. The average Bonchev–Trinajstić information content (AvgIpc) is 3.07. The van der Waals surface area contributed by atoms with Crippen LogP contribution in [-0.2, 0) is 11.2 Å². The Labute approximate surface area is 142 Å². The van der Waals surface area contributed by atoms with Gasteiger partial charge >= 0.3 is 0 Å². The molecule has 4 rings (SSSR count). The highest BCUT2D eigenvalue weighted by Gasteiger charge is 2.22. The van der Waals surface area contributed by atoms with Gasteiger partial charge in [0.25, 0.3) is 0 Å². The number of pyridine rings is 1. The maximum absolute atomic E-state index is 12.3. The Balaban J connectivity index is 1.44. The lowest BCUT2D eigenvalue weighted by atomic mass is 9.89. The predicted octanol–water partition coefficient (Wildman–Crippen LogP) is 4.29. The lowest BCUT2D eigenvalue weighted by Crippen LogP contribution is -2.25. The van der Waals surface area contributed by atoms with Crippen LogP contribution in [0.4, 0.5) is 17.2 Å². The standard InChI is InChI=1S/C20H23N3O/c24-20(16-7-2-1-3-8-16)22-19-11-10-17(14-21-19)23-13-12-15-6-4-5-9-18(15)23/h4-6,9-11,14,16H,1-3,7-8,12-13H2,(H,21,22,24). The Hall–Kier alpha value is -2.36. The molecule has 1 aromatic carbocycles. The first kappa shape index (κ1) is 15.2. The lowest BCUT2D eigenvalue weighted by Gasteiger charge is -2.21. The molecule has 124 valence electrons. The molecule has 0 unspecified atom stereocenters. The normalized spacial score (nSPS) is 17.6. The minimum Gasteiger partial charge on any atom is -0.340 e. The van der Waals surface area contributed by atoms with E-state index in [1.54, 1.807) is 0 Å². The summed E-state index contributed by atoms with van der Waals surface area (Å²) in [5.41, 5.74) is 3.72. The van der Waals surface area contributed by atoms with Gasteiger partial charge in [-0.15, -0.1) is 0 Å². The number of benzene rings is 1. The predicted molar refractivity (Wildman–Crippen MR) is 96.6 cm³/mol. The van der Waals surface area contributed by atoms with E-state index in [9.17, 15) is 4.79 Å². The zero-order valence-corrected chi connectivity index (χ0v) is 13.9. The van der Waals surface area contributed by atoms with E-state index in [4.69, 9.17) is 0 Å². The number of hydrogen-bond acceptors (Lipinski definition) is 3. The van der Waals surface area contributed by atoms with Gasteiger partial charge in [-0.25, -0.2) is 4.98 Å². The van der Waals surface area contributed by atoms with Gasteiger partial charge in [-0.2, -0.15) is 0 Å². The van der Waals surface area contributed by atoms with Crippen LogP contribution in [0.15, 0.2) is 42.6 Å². The molecule has 1 aromatic heterocycles. The number of rotatable bonds is 3. The third kappa shape index (κ3) is 3.01. The van der Waals surface area contributed by atoms with E-state index in [0.29, 0.717) is 5.82 Å². The van der Waals surface area contributed by atoms with Crippen LogP contribution < -0.4 is 10.2 Å². The molecular weight excluding hydrogens is 298 g/mol. The quantitative estimate of drug-likeness (QED) is 0.917. The third-order valence-corrected chi connectivity index (χ3v) is 5.17. The second kappa shape index (κ2) is 6.63. The lowest BCUT2D eigenvalue weighted by molar-refractivity contribution is -0.120. The summed E-state index contributed by atoms with van der Waals surface area (Å²) in [6.45, 7) is 0.981. The molecule has 4 heteroatoms. The highest BCUT2D eigenvalue weighted by Crippen LogP contribution is 2.34. The van der Waals surface area contributed by atoms with Crippen LogP contribution in [0.5, 0.6) is 0 Å². The molecule has 4 nitrogen and oxygen atoms in total. The van der Waals surface area contributed by atoms with Crippen LogP contribution in [0.25, 0.3) is 0 Å². The molecule has 1 fully saturated rings. The van der Waals surface area contributed by atoms with Crippen molar-refractivity contribution in [3.8, 4) is 0 Å². The smallest absolute Gasteiger partial charge is 0.228 e. The Morgan fingerprint density at radius 3 is 2.71 bits per heavy atom. The fourth-order valence-corrected chi connectivity index (χ4v) is 3.82. The Kier molecular flexibility index (Phi) is 4.20. The maximum atomic E-state index is 12.3. The molecule has 0 radical (unpaired) electrons. The fraction of sp³-hybridized carbons (Fsp3) is 0.400. The van der Waals surface area contributed by atoms with Crippen LogP contribution in [0.1, 0.15) is 37.7 Å². The summed E-state index contributed by atoms with van der Waals surface area (Å²) in [7, 11) is 0. The zero-order valence-electron chi connectivity index (χ0n) is 13.9. The number of carbonyl (C=O) groups is 1. The molecule has 2 aliphatic rings. The molecule has 0 saturated heterocycles. The van der Waals surface area contributed by atoms with Gasteiger partial charge in [-0.05, 0) is 43.0 Å². The number of nitrogens with one attached hydrogen (secondary N) is 1. The van der Waals surface area contributed by atoms with Crippen LogP contribution in [0.2, 0.25) is 0 Å². The van der Waals surface area contributed by atoms with Gasteiger partial charge in [-0.1, -0.05) is 37.5 Å². The molecule has 24 heavy (non-hydrogen) atoms. The Morgan fingerprint density at radius 1 is 1.08 bits per heavy atom. The summed E-state index contributed by atoms with van der Waals surface area (Å²) in [6.07, 6.45) is 8.53. The molecule has 0 spiro atoms. The Bertz CT molecular complexity index is 720. The number of amides is 1. The molecule has 0 bridgehead atoms. The molecule has 1 N–H and O–H groups in total. The van der Waals surface area contributed by atoms with Crippen molar-refractivity contribution in [3.05, 3.63) is 48.2 Å². The molecule has 1 aliphatic carbocycles. The SMILES string of the molecule is O=C(Nc1ccc(N2CCc3ccccc32)cn1)C1CCCCC1. The van der Waals surface area contributed by atoms with Gasteiger partial charge in [-0.3, -0.25) is 4.79 Å². The van der Waals surface area contributed by atoms with Gasteiger partial charge in [0.1, 0.15) is 5.82 Å². The molecule has 1 saturated carbocycles. The number of fused-ring (bicyclic) bond motifs is 1. The minimum absolute atomic E-state index is 0.126. The largest absolute Gasteiger partial charge is 0.340 e. The second-order valence-electron chi connectivity index (χ2n) is 6.76. The minimum atomic E-state index is 0.126. The number of aromatic nitrogens is 1. The first-order chi connectivity index (χ1) is 11.8. The second-order valence-corrected chi connectivity index (χ2v) is 6.76. The molecule has 1 aliphatic heterocycles. The summed E-state index contributed by atoms with van der Waals surface area (Å²) in [5, 5.41) is 2.98. The number of hydrogen-bond donors (Lipinski definition) is 1. The molecule has 0 atom stereocenters. The van der Waals surface area contributed by atoms with Crippen molar-refractivity contribution in [1.82, 2.24) is 4.98 Å². The fourth-order valence-electron chi connectivity index (χ4n) is 3.82. The first-order valence-electron chi connectivity index (χ1n) is 8.93. The van der Waals surface area contributed by atoms with Crippen LogP contribution in [0.3, 0.4) is 0 Å². The van der Waals surface area contributed by atoms with E-state index in [1.807, 2.05) is 18.3 Å². The summed E-state index contributed by atoms with van der Waals surface area (Å²) in [4.78, 5) is 19.1. The monoisotopic (exact) mass is 321 g/mol. The van der Waals surface area contributed by atoms with E-state index < -0.39 is 0 Å². The summed E-state index contributed by atoms with van der Waals surface area (Å²) in [5.74, 6) is 0.939. The van der Waals surface area contributed by atoms with Crippen molar-refractivity contribution in [2.45, 2.75) is 38.5 Å². The molecular formula is C20H23N3O. The van der Waals surface area contributed by atoms with E-state index in [0.717, 1.165) is 31.5 Å². The maximum Gasteiger partial charge on any atom is 0.228 e. The molecule has 2 heterocycles. The zero-order chi connectivity index (χ0) is 16.4. The van der Waals surface area contributed by atoms with E-state index in [1.165, 1.54) is 30.5 Å². The topological polar surface area (TPSA) is 45.2 Å². The van der Waals surface area contributed by atoms with Crippen molar-refractivity contribution < 1.29 is 4.79 Å². The van der Waals surface area contributed by atoms with E-state index in [-0.39, 0.29) is 11.8 Å². The van der Waals surface area contributed by atoms with Crippen LogP contribution in [0, 0.1) is 5.92 Å². The molecule has 1 amide bonds. The Morgan fingerprint density at radius 2 is 1.92 bits per heavy atom. The number of carbonyl (C=O) groups excluding carboxylic acids is 1. The van der Waals surface area contributed by atoms with Gasteiger partial charge in [0.05, 0.1) is 11.9 Å². The van der Waals surface area contributed by atoms with Gasteiger partial charge in [0.2, 0.25) is 5.91 Å². The van der Waals surface area contributed by atoms with Crippen LogP contribution in [-0.4, -0.2) is 17.4 Å². The van der Waals surface area contributed by atoms with Gasteiger partial charge < -0.3 is 10.2 Å². The highest BCUT2D eigenvalue weighted by atomic mass is 16.1. The number of para-hydroxylation sites is 1. The number of anilines is 3. The van der Waals surface area contributed by atoms with Crippen molar-refractivity contribution in [1.29, 1.82) is 0 Å². The summed E-state index contributed by atoms with van der Waals surface area (Å²) in [6, 6.07) is 12.5. The highest BCUT2D eigenvalue weighted by molar-refractivity contribution is 5.91. The van der Waals surface area contributed by atoms with E-state index in [2.05, 4.69) is 39.5 Å². The first-order valence-corrected chi connectivity index (χ1v) is 8.93. The number of nitrogens with zero attached hydrogens (tertiary/aromatic N) is 2.